The van der Waals surface area contributed by atoms with Gasteiger partial charge in [0.05, 0.1) is 5.92 Å². The summed E-state index contributed by atoms with van der Waals surface area (Å²) < 4.78 is 1.33. The fourth-order valence-electron chi connectivity index (χ4n) is 2.60. The lowest BCUT2D eigenvalue weighted by molar-refractivity contribution is -0.142. The number of carboxylic acids is 1. The van der Waals surface area contributed by atoms with Gasteiger partial charge in [-0.15, -0.1) is 11.3 Å². The van der Waals surface area contributed by atoms with E-state index in [4.69, 9.17) is 5.11 Å². The van der Waals surface area contributed by atoms with Crippen molar-refractivity contribution < 1.29 is 14.7 Å². The Morgan fingerprint density at radius 3 is 2.86 bits per heavy atom. The summed E-state index contributed by atoms with van der Waals surface area (Å²) in [5.74, 6) is -2.09. The topological polar surface area (TPSA) is 92.0 Å². The second kappa shape index (κ2) is 4.96. The van der Waals surface area contributed by atoms with Crippen LogP contribution in [0.25, 0.3) is 4.96 Å². The number of hydrogen-bond acceptors (Lipinski definition) is 5. The van der Waals surface area contributed by atoms with Crippen LogP contribution in [0.5, 0.6) is 0 Å². The minimum atomic E-state index is -0.916. The van der Waals surface area contributed by atoms with Gasteiger partial charge in [-0.25, -0.2) is 4.98 Å². The molecular weight excluding hydrogens is 294 g/mol. The van der Waals surface area contributed by atoms with Crippen LogP contribution >= 0.6 is 11.3 Å². The first-order chi connectivity index (χ1) is 9.99. The molecule has 3 rings (SSSR count). The minimum Gasteiger partial charge on any atom is -0.481 e. The molecule has 110 valence electrons. The standard InChI is InChI=1S/C13H13N3O4S/c1-7-5-15(6-9(7)12(19)20)10(17)8-4-14-13-16(11(8)18)2-3-21-13/h2-4,7,9H,5-6H2,1H3,(H,19,20). The molecule has 3 heterocycles. The SMILES string of the molecule is CC1CN(C(=O)c2cnc3sccn3c2=O)CC1C(=O)O. The highest BCUT2D eigenvalue weighted by molar-refractivity contribution is 7.15. The molecule has 0 aliphatic carbocycles. The Labute approximate surface area is 123 Å². The van der Waals surface area contributed by atoms with E-state index in [-0.39, 0.29) is 18.0 Å². The molecule has 0 spiro atoms. The molecule has 8 heteroatoms. The number of likely N-dealkylation sites (tertiary alicyclic amines) is 1. The Balaban J connectivity index is 1.93. The molecule has 1 aliphatic heterocycles. The summed E-state index contributed by atoms with van der Waals surface area (Å²) in [6.45, 7) is 2.25. The highest BCUT2D eigenvalue weighted by Gasteiger charge is 2.37. The number of rotatable bonds is 2. The fourth-order valence-corrected chi connectivity index (χ4v) is 3.27. The number of thiazole rings is 1. The number of carbonyl (C=O) groups excluding carboxylic acids is 1. The predicted molar refractivity (Wildman–Crippen MR) is 75.5 cm³/mol. The largest absolute Gasteiger partial charge is 0.481 e. The summed E-state index contributed by atoms with van der Waals surface area (Å²) in [7, 11) is 0. The molecule has 1 fully saturated rings. The third-order valence-electron chi connectivity index (χ3n) is 3.79. The van der Waals surface area contributed by atoms with E-state index < -0.39 is 23.4 Å². The lowest BCUT2D eigenvalue weighted by Gasteiger charge is -2.15. The smallest absolute Gasteiger partial charge is 0.308 e. The number of aromatic nitrogens is 2. The van der Waals surface area contributed by atoms with E-state index in [1.807, 2.05) is 0 Å². The van der Waals surface area contributed by atoms with Crippen LogP contribution in [0.4, 0.5) is 0 Å². The maximum Gasteiger partial charge on any atom is 0.308 e. The van der Waals surface area contributed by atoms with Crippen LogP contribution in [0.15, 0.2) is 22.6 Å². The Morgan fingerprint density at radius 2 is 2.19 bits per heavy atom. The van der Waals surface area contributed by atoms with Gasteiger partial charge < -0.3 is 10.0 Å². The number of aliphatic carboxylic acids is 1. The Hall–Kier alpha value is -2.22. The first-order valence-electron chi connectivity index (χ1n) is 6.46. The van der Waals surface area contributed by atoms with Crippen molar-refractivity contribution in [2.45, 2.75) is 6.92 Å². The van der Waals surface area contributed by atoms with Crippen molar-refractivity contribution in [2.75, 3.05) is 13.1 Å². The van der Waals surface area contributed by atoms with Gasteiger partial charge in [0.15, 0.2) is 4.96 Å². The molecular formula is C13H13N3O4S. The summed E-state index contributed by atoms with van der Waals surface area (Å²) in [5, 5.41) is 10.8. The maximum absolute atomic E-state index is 12.4. The van der Waals surface area contributed by atoms with Crippen molar-refractivity contribution in [1.29, 1.82) is 0 Å². The molecule has 21 heavy (non-hydrogen) atoms. The number of fused-ring (bicyclic) bond motifs is 1. The molecule has 0 bridgehead atoms. The number of amides is 1. The van der Waals surface area contributed by atoms with Crippen LogP contribution in [0.1, 0.15) is 17.3 Å². The average Bonchev–Trinajstić information content (AvgIpc) is 3.05. The van der Waals surface area contributed by atoms with E-state index in [0.29, 0.717) is 11.5 Å². The second-order valence-corrected chi connectivity index (χ2v) is 6.04. The van der Waals surface area contributed by atoms with Crippen molar-refractivity contribution in [3.63, 3.8) is 0 Å². The molecule has 2 aromatic rings. The highest BCUT2D eigenvalue weighted by atomic mass is 32.1. The van der Waals surface area contributed by atoms with Gasteiger partial charge in [0.1, 0.15) is 5.56 Å². The summed E-state index contributed by atoms with van der Waals surface area (Å²) in [4.78, 5) is 41.8. The third-order valence-corrected chi connectivity index (χ3v) is 4.56. The summed E-state index contributed by atoms with van der Waals surface area (Å²) in [6, 6.07) is 0. The summed E-state index contributed by atoms with van der Waals surface area (Å²) >= 11 is 1.31. The zero-order chi connectivity index (χ0) is 15.1. The molecule has 7 nitrogen and oxygen atoms in total. The third kappa shape index (κ3) is 2.21. The Kier molecular flexibility index (Phi) is 3.25. The van der Waals surface area contributed by atoms with Crippen molar-refractivity contribution >= 4 is 28.2 Å². The minimum absolute atomic E-state index is 0.0239. The summed E-state index contributed by atoms with van der Waals surface area (Å²) in [5.41, 5.74) is -0.443. The molecule has 1 saturated heterocycles. The number of hydrogen-bond donors (Lipinski definition) is 1. The average molecular weight is 307 g/mol. The molecule has 0 radical (unpaired) electrons. The van der Waals surface area contributed by atoms with Crippen molar-refractivity contribution in [3.8, 4) is 0 Å². The van der Waals surface area contributed by atoms with E-state index >= 15 is 0 Å². The van der Waals surface area contributed by atoms with E-state index in [0.717, 1.165) is 0 Å². The molecule has 1 aliphatic rings. The van der Waals surface area contributed by atoms with Crippen LogP contribution in [-0.2, 0) is 4.79 Å². The summed E-state index contributed by atoms with van der Waals surface area (Å²) in [6.07, 6.45) is 2.84. The first-order valence-corrected chi connectivity index (χ1v) is 7.34. The van der Waals surface area contributed by atoms with Gasteiger partial charge in [-0.2, -0.15) is 0 Å². The number of nitrogens with zero attached hydrogens (tertiary/aromatic N) is 3. The van der Waals surface area contributed by atoms with Gasteiger partial charge in [-0.05, 0) is 5.92 Å². The van der Waals surface area contributed by atoms with Crippen LogP contribution in [0.3, 0.4) is 0 Å². The van der Waals surface area contributed by atoms with Crippen molar-refractivity contribution in [2.24, 2.45) is 11.8 Å². The normalized spacial score (nSPS) is 21.9. The van der Waals surface area contributed by atoms with Gasteiger partial charge in [-0.1, -0.05) is 6.92 Å². The zero-order valence-corrected chi connectivity index (χ0v) is 12.0. The van der Waals surface area contributed by atoms with Crippen LogP contribution < -0.4 is 5.56 Å². The molecule has 1 amide bonds. The number of carbonyl (C=O) groups is 2. The van der Waals surface area contributed by atoms with E-state index in [2.05, 4.69) is 4.98 Å². The van der Waals surface area contributed by atoms with Gasteiger partial charge in [0.25, 0.3) is 11.5 Å². The van der Waals surface area contributed by atoms with E-state index in [1.54, 1.807) is 18.5 Å². The molecule has 2 unspecified atom stereocenters. The molecule has 2 atom stereocenters. The zero-order valence-electron chi connectivity index (χ0n) is 11.2. The number of carboxylic acid groups (broad SMARTS) is 1. The van der Waals surface area contributed by atoms with Crippen LogP contribution in [0.2, 0.25) is 0 Å². The van der Waals surface area contributed by atoms with Gasteiger partial charge in [0, 0.05) is 30.9 Å². The molecule has 0 aromatic carbocycles. The lowest BCUT2D eigenvalue weighted by atomic mass is 9.99. The maximum atomic E-state index is 12.4. The molecule has 2 aromatic heterocycles. The Bertz CT molecular complexity index is 781. The van der Waals surface area contributed by atoms with Gasteiger partial charge in [0.2, 0.25) is 0 Å². The quantitative estimate of drug-likeness (QED) is 0.874. The monoisotopic (exact) mass is 307 g/mol. The Morgan fingerprint density at radius 1 is 1.43 bits per heavy atom. The van der Waals surface area contributed by atoms with E-state index in [1.165, 1.54) is 26.8 Å². The lowest BCUT2D eigenvalue weighted by Crippen LogP contribution is -2.34. The van der Waals surface area contributed by atoms with Crippen LogP contribution in [-0.4, -0.2) is 44.4 Å². The van der Waals surface area contributed by atoms with Crippen molar-refractivity contribution in [3.05, 3.63) is 33.7 Å². The highest BCUT2D eigenvalue weighted by Crippen LogP contribution is 2.24. The first kappa shape index (κ1) is 13.7. The molecule has 1 N–H and O–H groups in total. The van der Waals surface area contributed by atoms with E-state index in [9.17, 15) is 14.4 Å². The van der Waals surface area contributed by atoms with Crippen molar-refractivity contribution in [1.82, 2.24) is 14.3 Å². The fraction of sp³-hybridized carbons (Fsp3) is 0.385. The predicted octanol–water partition coefficient (Wildman–Crippen LogP) is 0.549. The van der Waals surface area contributed by atoms with Gasteiger partial charge >= 0.3 is 5.97 Å². The van der Waals surface area contributed by atoms with Crippen LogP contribution in [0, 0.1) is 11.8 Å². The van der Waals surface area contributed by atoms with Gasteiger partial charge in [-0.3, -0.25) is 18.8 Å². The second-order valence-electron chi connectivity index (χ2n) is 5.16. The molecule has 0 saturated carbocycles.